The summed E-state index contributed by atoms with van der Waals surface area (Å²) in [4.78, 5) is 23.0. The van der Waals surface area contributed by atoms with Crippen molar-refractivity contribution in [2.24, 2.45) is 5.10 Å². The van der Waals surface area contributed by atoms with Gasteiger partial charge in [0, 0.05) is 4.47 Å². The number of hydrazone groups is 1. The van der Waals surface area contributed by atoms with Crippen molar-refractivity contribution in [1.29, 1.82) is 0 Å². The van der Waals surface area contributed by atoms with Crippen LogP contribution in [0, 0.1) is 17.0 Å². The molecule has 0 saturated carbocycles. The first-order chi connectivity index (χ1) is 13.4. The number of aryl methyl sites for hydroxylation is 1. The summed E-state index contributed by atoms with van der Waals surface area (Å²) in [6.07, 6.45) is 2.72. The van der Waals surface area contributed by atoms with Gasteiger partial charge in [0.15, 0.2) is 0 Å². The number of carbonyl (C=O) groups excluding carboxylic acids is 1. The third-order valence-corrected chi connectivity index (χ3v) is 4.44. The highest BCUT2D eigenvalue weighted by Gasteiger charge is 2.25. The zero-order valence-corrected chi connectivity index (χ0v) is 16.5. The molecule has 0 saturated heterocycles. The van der Waals surface area contributed by atoms with Gasteiger partial charge < -0.3 is 0 Å². The monoisotopic (exact) mass is 441 g/mol. The highest BCUT2D eigenvalue weighted by molar-refractivity contribution is 9.10. The van der Waals surface area contributed by atoms with Crippen LogP contribution in [0.15, 0.2) is 64.3 Å². The van der Waals surface area contributed by atoms with Gasteiger partial charge in [0.1, 0.15) is 6.20 Å². The first kappa shape index (κ1) is 19.4. The van der Waals surface area contributed by atoms with Crippen molar-refractivity contribution in [3.63, 3.8) is 0 Å². The molecule has 0 aliphatic rings. The summed E-state index contributed by atoms with van der Waals surface area (Å²) in [5.74, 6) is -0.746. The van der Waals surface area contributed by atoms with Crippen LogP contribution in [0.1, 0.15) is 27.2 Å². The standard InChI is InChI=1S/C19H16BrN5O3/c1-13-5-2-3-7-15(13)10-21-22-19(26)18-17(25(27)28)12-24(23-18)11-14-6-4-8-16(20)9-14/h2-10,12H,11H2,1H3,(H,22,26)/b21-10-. The molecule has 0 atom stereocenters. The number of nitrogens with zero attached hydrogens (tertiary/aromatic N) is 4. The maximum Gasteiger partial charge on any atom is 0.320 e. The van der Waals surface area contributed by atoms with Crippen LogP contribution in [-0.2, 0) is 6.54 Å². The van der Waals surface area contributed by atoms with Crippen molar-refractivity contribution in [2.45, 2.75) is 13.5 Å². The number of aromatic nitrogens is 2. The quantitative estimate of drug-likeness (QED) is 0.358. The Bertz CT molecular complexity index is 1060. The van der Waals surface area contributed by atoms with E-state index in [4.69, 9.17) is 0 Å². The van der Waals surface area contributed by atoms with Crippen molar-refractivity contribution >= 4 is 33.7 Å². The lowest BCUT2D eigenvalue weighted by molar-refractivity contribution is -0.385. The zero-order chi connectivity index (χ0) is 20.1. The number of carbonyl (C=O) groups is 1. The van der Waals surface area contributed by atoms with Gasteiger partial charge in [-0.05, 0) is 35.7 Å². The largest absolute Gasteiger partial charge is 0.320 e. The maximum atomic E-state index is 12.4. The highest BCUT2D eigenvalue weighted by atomic mass is 79.9. The van der Waals surface area contributed by atoms with Gasteiger partial charge in [-0.15, -0.1) is 0 Å². The molecule has 28 heavy (non-hydrogen) atoms. The smallest absolute Gasteiger partial charge is 0.265 e. The number of halogens is 1. The number of nitro groups is 1. The van der Waals surface area contributed by atoms with E-state index in [2.05, 4.69) is 31.6 Å². The minimum Gasteiger partial charge on any atom is -0.265 e. The predicted octanol–water partition coefficient (Wildman–Crippen LogP) is 3.67. The summed E-state index contributed by atoms with van der Waals surface area (Å²) in [6, 6.07) is 15.0. The Hall–Kier alpha value is -3.33. The van der Waals surface area contributed by atoms with Crippen LogP contribution in [-0.4, -0.2) is 26.8 Å². The van der Waals surface area contributed by atoms with Crippen LogP contribution in [0.2, 0.25) is 0 Å². The molecule has 0 aliphatic carbocycles. The average molecular weight is 442 g/mol. The van der Waals surface area contributed by atoms with Gasteiger partial charge in [0.25, 0.3) is 5.91 Å². The third kappa shape index (κ3) is 4.68. The highest BCUT2D eigenvalue weighted by Crippen LogP contribution is 2.19. The Morgan fingerprint density at radius 2 is 2.11 bits per heavy atom. The molecule has 0 unspecified atom stereocenters. The Labute approximate surface area is 169 Å². The second-order valence-corrected chi connectivity index (χ2v) is 6.92. The minimum absolute atomic E-state index is 0.290. The van der Waals surface area contributed by atoms with E-state index in [1.54, 1.807) is 0 Å². The predicted molar refractivity (Wildman–Crippen MR) is 108 cm³/mol. The lowest BCUT2D eigenvalue weighted by atomic mass is 10.1. The SMILES string of the molecule is Cc1ccccc1/C=N\NC(=O)c1nn(Cc2cccc(Br)c2)cc1[N+](=O)[O-]. The molecule has 3 aromatic rings. The van der Waals surface area contributed by atoms with E-state index in [0.717, 1.165) is 21.2 Å². The number of benzene rings is 2. The summed E-state index contributed by atoms with van der Waals surface area (Å²) in [5, 5.41) is 19.3. The van der Waals surface area contributed by atoms with Crippen LogP contribution in [0.25, 0.3) is 0 Å². The van der Waals surface area contributed by atoms with Crippen molar-refractivity contribution in [1.82, 2.24) is 15.2 Å². The fourth-order valence-electron chi connectivity index (χ4n) is 2.55. The summed E-state index contributed by atoms with van der Waals surface area (Å²) < 4.78 is 2.25. The molecule has 8 nitrogen and oxygen atoms in total. The van der Waals surface area contributed by atoms with E-state index in [1.807, 2.05) is 55.5 Å². The summed E-state index contributed by atoms with van der Waals surface area (Å²) in [5.41, 5.74) is 4.34. The second kappa shape index (κ2) is 8.57. The Balaban J connectivity index is 1.78. The molecule has 1 amide bonds. The van der Waals surface area contributed by atoms with Crippen molar-refractivity contribution in [3.8, 4) is 0 Å². The summed E-state index contributed by atoms with van der Waals surface area (Å²) in [7, 11) is 0. The van der Waals surface area contributed by atoms with Gasteiger partial charge in [0.05, 0.1) is 17.7 Å². The van der Waals surface area contributed by atoms with E-state index < -0.39 is 10.8 Å². The Morgan fingerprint density at radius 3 is 2.82 bits per heavy atom. The Kier molecular flexibility index (Phi) is 5.95. The van der Waals surface area contributed by atoms with Gasteiger partial charge in [-0.2, -0.15) is 10.2 Å². The molecule has 1 N–H and O–H groups in total. The number of hydrogen-bond donors (Lipinski definition) is 1. The van der Waals surface area contributed by atoms with E-state index >= 15 is 0 Å². The molecule has 0 bridgehead atoms. The fourth-order valence-corrected chi connectivity index (χ4v) is 3.00. The number of amides is 1. The lowest BCUT2D eigenvalue weighted by Crippen LogP contribution is -2.20. The summed E-state index contributed by atoms with van der Waals surface area (Å²) >= 11 is 3.38. The molecule has 2 aromatic carbocycles. The molecule has 0 fully saturated rings. The maximum absolute atomic E-state index is 12.4. The third-order valence-electron chi connectivity index (χ3n) is 3.95. The summed E-state index contributed by atoms with van der Waals surface area (Å²) in [6.45, 7) is 2.21. The molecule has 0 radical (unpaired) electrons. The molecule has 0 spiro atoms. The van der Waals surface area contributed by atoms with Crippen molar-refractivity contribution < 1.29 is 9.72 Å². The number of rotatable bonds is 6. The molecular formula is C19H16BrN5O3. The molecule has 142 valence electrons. The second-order valence-electron chi connectivity index (χ2n) is 6.00. The van der Waals surface area contributed by atoms with Crippen LogP contribution in [0.5, 0.6) is 0 Å². The first-order valence-electron chi connectivity index (χ1n) is 8.29. The number of hydrogen-bond acceptors (Lipinski definition) is 5. The molecule has 1 heterocycles. The van der Waals surface area contributed by atoms with Crippen LogP contribution < -0.4 is 5.43 Å². The van der Waals surface area contributed by atoms with E-state index in [9.17, 15) is 14.9 Å². The van der Waals surface area contributed by atoms with Gasteiger partial charge in [0.2, 0.25) is 5.69 Å². The van der Waals surface area contributed by atoms with E-state index in [-0.39, 0.29) is 11.4 Å². The molecule has 0 aliphatic heterocycles. The fraction of sp³-hybridized carbons (Fsp3) is 0.105. The van der Waals surface area contributed by atoms with Crippen molar-refractivity contribution in [3.05, 3.63) is 91.7 Å². The minimum atomic E-state index is -0.746. The van der Waals surface area contributed by atoms with Gasteiger partial charge in [-0.25, -0.2) is 5.43 Å². The van der Waals surface area contributed by atoms with Crippen LogP contribution in [0.3, 0.4) is 0 Å². The molecule has 3 rings (SSSR count). The van der Waals surface area contributed by atoms with Gasteiger partial charge in [-0.1, -0.05) is 52.3 Å². The Morgan fingerprint density at radius 1 is 1.32 bits per heavy atom. The average Bonchev–Trinajstić information content (AvgIpc) is 3.07. The van der Waals surface area contributed by atoms with Crippen molar-refractivity contribution in [2.75, 3.05) is 0 Å². The first-order valence-corrected chi connectivity index (χ1v) is 9.08. The molecule has 9 heteroatoms. The van der Waals surface area contributed by atoms with Crippen LogP contribution >= 0.6 is 15.9 Å². The topological polar surface area (TPSA) is 102 Å². The lowest BCUT2D eigenvalue weighted by Gasteiger charge is -2.02. The van der Waals surface area contributed by atoms with Crippen LogP contribution in [0.4, 0.5) is 5.69 Å². The molecular weight excluding hydrogens is 426 g/mol. The zero-order valence-electron chi connectivity index (χ0n) is 14.9. The molecule has 1 aromatic heterocycles. The van der Waals surface area contributed by atoms with Gasteiger partial charge in [-0.3, -0.25) is 19.6 Å². The van der Waals surface area contributed by atoms with E-state index in [0.29, 0.717) is 6.54 Å². The number of nitrogens with one attached hydrogen (secondary N) is 1. The van der Waals surface area contributed by atoms with Gasteiger partial charge >= 0.3 is 5.69 Å². The van der Waals surface area contributed by atoms with E-state index in [1.165, 1.54) is 17.1 Å². The normalized spacial score (nSPS) is 10.9.